The lowest BCUT2D eigenvalue weighted by Gasteiger charge is -2.15. The normalized spacial score (nSPS) is 11.0. The Labute approximate surface area is 125 Å². The van der Waals surface area contributed by atoms with Crippen LogP contribution >= 0.6 is 0 Å². The van der Waals surface area contributed by atoms with Crippen molar-refractivity contribution in [1.29, 1.82) is 0 Å². The molecule has 0 bridgehead atoms. The van der Waals surface area contributed by atoms with Crippen LogP contribution in [0.2, 0.25) is 0 Å². The highest BCUT2D eigenvalue weighted by atomic mass is 16.5. The third-order valence-corrected chi connectivity index (χ3v) is 2.71. The number of rotatable bonds is 9. The van der Waals surface area contributed by atoms with Crippen molar-refractivity contribution in [2.24, 2.45) is 0 Å². The van der Waals surface area contributed by atoms with Gasteiger partial charge in [0, 0.05) is 18.2 Å². The second-order valence-electron chi connectivity index (χ2n) is 4.78. The predicted molar refractivity (Wildman–Crippen MR) is 82.9 cm³/mol. The largest absolute Gasteiger partial charge is 0.490 e. The highest BCUT2D eigenvalue weighted by Crippen LogP contribution is 2.32. The second kappa shape index (κ2) is 9.02. The summed E-state index contributed by atoms with van der Waals surface area (Å²) in [5.74, 6) is 0.237. The van der Waals surface area contributed by atoms with Crippen LogP contribution in [0.3, 0.4) is 0 Å². The minimum atomic E-state index is -0.990. The summed E-state index contributed by atoms with van der Waals surface area (Å²) in [6.45, 7) is 3.91. The van der Waals surface area contributed by atoms with Crippen molar-refractivity contribution in [3.63, 3.8) is 0 Å². The Kier molecular flexibility index (Phi) is 7.32. The zero-order valence-electron chi connectivity index (χ0n) is 12.8. The summed E-state index contributed by atoms with van der Waals surface area (Å²) in [6, 6.07) is 5.45. The minimum absolute atomic E-state index is 0.528. The third-order valence-electron chi connectivity index (χ3n) is 2.71. The van der Waals surface area contributed by atoms with E-state index in [9.17, 15) is 4.79 Å². The van der Waals surface area contributed by atoms with E-state index < -0.39 is 5.97 Å². The molecule has 0 saturated heterocycles. The predicted octanol–water partition coefficient (Wildman–Crippen LogP) is 2.51. The SMILES string of the molecule is CCOc1cccc(/C=C/C(=O)O)c1OCCCN(C)C. The average Bonchev–Trinajstić information content (AvgIpc) is 2.43. The molecule has 0 amide bonds. The number of hydrogen-bond acceptors (Lipinski definition) is 4. The summed E-state index contributed by atoms with van der Waals surface area (Å²) in [7, 11) is 4.02. The van der Waals surface area contributed by atoms with Gasteiger partial charge in [-0.2, -0.15) is 0 Å². The van der Waals surface area contributed by atoms with Gasteiger partial charge >= 0.3 is 5.97 Å². The molecule has 1 rings (SSSR count). The van der Waals surface area contributed by atoms with E-state index in [1.54, 1.807) is 0 Å². The van der Waals surface area contributed by atoms with Crippen molar-refractivity contribution in [3.05, 3.63) is 29.8 Å². The highest BCUT2D eigenvalue weighted by Gasteiger charge is 2.09. The number of ether oxygens (including phenoxy) is 2. The zero-order valence-corrected chi connectivity index (χ0v) is 12.8. The maximum atomic E-state index is 10.7. The smallest absolute Gasteiger partial charge is 0.328 e. The second-order valence-corrected chi connectivity index (χ2v) is 4.78. The van der Waals surface area contributed by atoms with Gasteiger partial charge in [-0.1, -0.05) is 12.1 Å². The number of carboxylic acid groups (broad SMARTS) is 1. The third kappa shape index (κ3) is 6.31. The quantitative estimate of drug-likeness (QED) is 0.560. The van der Waals surface area contributed by atoms with Crippen LogP contribution in [-0.2, 0) is 4.79 Å². The van der Waals surface area contributed by atoms with Crippen LogP contribution in [0.25, 0.3) is 6.08 Å². The minimum Gasteiger partial charge on any atom is -0.490 e. The Bertz CT molecular complexity index is 483. The van der Waals surface area contributed by atoms with Crippen molar-refractivity contribution in [2.45, 2.75) is 13.3 Å². The summed E-state index contributed by atoms with van der Waals surface area (Å²) < 4.78 is 11.4. The molecule has 21 heavy (non-hydrogen) atoms. The first-order chi connectivity index (χ1) is 10.0. The van der Waals surface area contributed by atoms with Crippen LogP contribution in [0.4, 0.5) is 0 Å². The molecule has 0 aliphatic heterocycles. The first kappa shape index (κ1) is 17.0. The molecule has 5 heteroatoms. The maximum absolute atomic E-state index is 10.7. The van der Waals surface area contributed by atoms with Crippen LogP contribution in [0.15, 0.2) is 24.3 Å². The average molecular weight is 293 g/mol. The van der Waals surface area contributed by atoms with E-state index in [1.165, 1.54) is 6.08 Å². The number of para-hydroxylation sites is 1. The molecule has 0 fully saturated rings. The van der Waals surface area contributed by atoms with Crippen molar-refractivity contribution in [3.8, 4) is 11.5 Å². The van der Waals surface area contributed by atoms with Crippen molar-refractivity contribution in [1.82, 2.24) is 4.90 Å². The molecule has 5 nitrogen and oxygen atoms in total. The highest BCUT2D eigenvalue weighted by molar-refractivity contribution is 5.86. The van der Waals surface area contributed by atoms with E-state index in [2.05, 4.69) is 4.90 Å². The van der Waals surface area contributed by atoms with Gasteiger partial charge in [0.15, 0.2) is 11.5 Å². The van der Waals surface area contributed by atoms with E-state index in [0.29, 0.717) is 30.3 Å². The van der Waals surface area contributed by atoms with Gasteiger partial charge in [-0.3, -0.25) is 0 Å². The molecule has 116 valence electrons. The standard InChI is InChI=1S/C16H23NO4/c1-4-20-14-8-5-7-13(9-10-15(18)19)16(14)21-12-6-11-17(2)3/h5,7-10H,4,6,11-12H2,1-3H3,(H,18,19)/b10-9+. The molecule has 0 unspecified atom stereocenters. The van der Waals surface area contributed by atoms with E-state index in [1.807, 2.05) is 39.2 Å². The summed E-state index contributed by atoms with van der Waals surface area (Å²) >= 11 is 0. The van der Waals surface area contributed by atoms with Gasteiger partial charge in [-0.05, 0) is 39.6 Å². The number of carbonyl (C=O) groups is 1. The lowest BCUT2D eigenvalue weighted by Crippen LogP contribution is -2.15. The summed E-state index contributed by atoms with van der Waals surface area (Å²) in [6.07, 6.45) is 3.50. The number of carboxylic acids is 1. The molecule has 0 saturated carbocycles. The van der Waals surface area contributed by atoms with Crippen LogP contribution in [0, 0.1) is 0 Å². The van der Waals surface area contributed by atoms with Gasteiger partial charge in [0.05, 0.1) is 13.2 Å². The van der Waals surface area contributed by atoms with Gasteiger partial charge in [0.25, 0.3) is 0 Å². The number of benzene rings is 1. The molecular formula is C16H23NO4. The number of nitrogens with zero attached hydrogens (tertiary/aromatic N) is 1. The van der Waals surface area contributed by atoms with E-state index in [4.69, 9.17) is 14.6 Å². The maximum Gasteiger partial charge on any atom is 0.328 e. The van der Waals surface area contributed by atoms with E-state index in [0.717, 1.165) is 19.0 Å². The van der Waals surface area contributed by atoms with Gasteiger partial charge in [0.2, 0.25) is 0 Å². The Morgan fingerprint density at radius 2 is 2.10 bits per heavy atom. The lowest BCUT2D eigenvalue weighted by molar-refractivity contribution is -0.131. The molecule has 0 aliphatic carbocycles. The first-order valence-corrected chi connectivity index (χ1v) is 6.99. The molecule has 1 aromatic carbocycles. The van der Waals surface area contributed by atoms with Crippen LogP contribution < -0.4 is 9.47 Å². The van der Waals surface area contributed by atoms with Gasteiger partial charge < -0.3 is 19.5 Å². The van der Waals surface area contributed by atoms with Gasteiger partial charge in [0.1, 0.15) is 0 Å². The van der Waals surface area contributed by atoms with E-state index >= 15 is 0 Å². The summed E-state index contributed by atoms with van der Waals surface area (Å²) in [5.41, 5.74) is 0.702. The van der Waals surface area contributed by atoms with Crippen molar-refractivity contribution in [2.75, 3.05) is 33.9 Å². The van der Waals surface area contributed by atoms with Crippen LogP contribution in [-0.4, -0.2) is 49.8 Å². The summed E-state index contributed by atoms with van der Waals surface area (Å²) in [5, 5.41) is 8.75. The van der Waals surface area contributed by atoms with Crippen LogP contribution in [0.1, 0.15) is 18.9 Å². The molecule has 0 spiro atoms. The fraction of sp³-hybridized carbons (Fsp3) is 0.438. The van der Waals surface area contributed by atoms with E-state index in [-0.39, 0.29) is 0 Å². The summed E-state index contributed by atoms with van der Waals surface area (Å²) in [4.78, 5) is 12.8. The number of aliphatic carboxylic acids is 1. The Balaban J connectivity index is 2.86. The number of hydrogen-bond donors (Lipinski definition) is 1. The zero-order chi connectivity index (χ0) is 15.7. The molecule has 1 aromatic rings. The molecule has 0 heterocycles. The fourth-order valence-corrected chi connectivity index (χ4v) is 1.80. The molecule has 0 atom stereocenters. The molecule has 0 radical (unpaired) electrons. The van der Waals surface area contributed by atoms with Gasteiger partial charge in [-0.25, -0.2) is 4.79 Å². The van der Waals surface area contributed by atoms with Crippen molar-refractivity contribution >= 4 is 12.0 Å². The Hall–Kier alpha value is -2.01. The van der Waals surface area contributed by atoms with Gasteiger partial charge in [-0.15, -0.1) is 0 Å². The Morgan fingerprint density at radius 1 is 1.33 bits per heavy atom. The topological polar surface area (TPSA) is 59.0 Å². The van der Waals surface area contributed by atoms with Crippen LogP contribution in [0.5, 0.6) is 11.5 Å². The molecule has 1 N–H and O–H groups in total. The molecule has 0 aliphatic rings. The molecular weight excluding hydrogens is 270 g/mol. The lowest BCUT2D eigenvalue weighted by atomic mass is 10.1. The van der Waals surface area contributed by atoms with Crippen molar-refractivity contribution < 1.29 is 19.4 Å². The first-order valence-electron chi connectivity index (χ1n) is 6.99. The monoisotopic (exact) mass is 293 g/mol. The Morgan fingerprint density at radius 3 is 2.71 bits per heavy atom. The fourth-order valence-electron chi connectivity index (χ4n) is 1.80. The molecule has 0 aromatic heterocycles.